The number of nitrogens with one attached hydrogen (secondary N) is 1. The molecule has 0 aliphatic rings. The molecule has 0 heterocycles. The summed E-state index contributed by atoms with van der Waals surface area (Å²) in [6, 6.07) is -0.538. The minimum atomic E-state index is -0.661. The van der Waals surface area contributed by atoms with Crippen molar-refractivity contribution >= 4 is 11.9 Å². The molecule has 0 spiro atoms. The number of hydrogen-bond acceptors (Lipinski definition) is 5. The van der Waals surface area contributed by atoms with E-state index in [1.807, 2.05) is 0 Å². The summed E-state index contributed by atoms with van der Waals surface area (Å²) < 4.78 is 5.48. The van der Waals surface area contributed by atoms with Gasteiger partial charge in [0.2, 0.25) is 5.91 Å². The average molecular weight is 933 g/mol. The monoisotopic (exact) mass is 932 g/mol. The molecule has 2 atom stereocenters. The van der Waals surface area contributed by atoms with Crippen molar-refractivity contribution in [3.05, 3.63) is 12.2 Å². The number of aliphatic hydroxyl groups is 2. The van der Waals surface area contributed by atoms with Crippen LogP contribution in [0.5, 0.6) is 0 Å². The molecule has 0 aromatic rings. The standard InChI is InChI=1S/C60H117NO5/c1-3-5-7-9-11-13-15-16-27-31-34-38-42-46-50-54-60(65)66-55-51-47-43-39-35-32-29-26-24-22-20-18-17-19-21-23-25-28-30-33-37-41-45-49-53-59(64)61-57(56-62)58(63)52-48-44-40-36-14-12-10-8-6-4-2/h16,27,57-58,62-63H,3-15,17-26,28-56H2,1-2H3,(H,61,64)/b27-16-. The van der Waals surface area contributed by atoms with Crippen LogP contribution in [-0.2, 0) is 14.3 Å². The summed E-state index contributed by atoms with van der Waals surface area (Å²) in [7, 11) is 0. The highest BCUT2D eigenvalue weighted by Crippen LogP contribution is 2.18. The van der Waals surface area contributed by atoms with Crippen LogP contribution < -0.4 is 5.32 Å². The minimum Gasteiger partial charge on any atom is -0.466 e. The van der Waals surface area contributed by atoms with Gasteiger partial charge >= 0.3 is 5.97 Å². The maximum Gasteiger partial charge on any atom is 0.305 e. The van der Waals surface area contributed by atoms with Gasteiger partial charge in [0.1, 0.15) is 0 Å². The summed E-state index contributed by atoms with van der Waals surface area (Å²) in [5.74, 6) is -0.0264. The van der Waals surface area contributed by atoms with E-state index in [-0.39, 0.29) is 18.5 Å². The highest BCUT2D eigenvalue weighted by molar-refractivity contribution is 5.76. The fourth-order valence-corrected chi connectivity index (χ4v) is 9.46. The first kappa shape index (κ1) is 64.6. The van der Waals surface area contributed by atoms with Crippen LogP contribution in [-0.4, -0.2) is 47.4 Å². The zero-order chi connectivity index (χ0) is 47.9. The SMILES string of the molecule is CCCCCCCC/C=C\CCCCCCCC(=O)OCCCCCCCCCCCCCCCCCCCCCCCCCCC(=O)NC(CO)C(O)CCCCCCCCCCCC. The van der Waals surface area contributed by atoms with Crippen molar-refractivity contribution < 1.29 is 24.5 Å². The molecule has 0 bridgehead atoms. The quantitative estimate of drug-likeness (QED) is 0.0321. The van der Waals surface area contributed by atoms with Gasteiger partial charge in [0.05, 0.1) is 25.4 Å². The molecule has 1 amide bonds. The molecule has 6 heteroatoms. The molecule has 392 valence electrons. The van der Waals surface area contributed by atoms with E-state index in [2.05, 4.69) is 31.3 Å². The van der Waals surface area contributed by atoms with Crippen molar-refractivity contribution in [2.75, 3.05) is 13.2 Å². The molecule has 0 fully saturated rings. The van der Waals surface area contributed by atoms with Gasteiger partial charge in [-0.25, -0.2) is 0 Å². The number of rotatable bonds is 56. The molecule has 0 radical (unpaired) electrons. The summed E-state index contributed by atoms with van der Waals surface area (Å²) >= 11 is 0. The van der Waals surface area contributed by atoms with E-state index in [0.717, 1.165) is 44.9 Å². The van der Waals surface area contributed by atoms with Gasteiger partial charge in [-0.15, -0.1) is 0 Å². The van der Waals surface area contributed by atoms with E-state index in [1.165, 1.54) is 257 Å². The van der Waals surface area contributed by atoms with Gasteiger partial charge in [0.25, 0.3) is 0 Å². The number of hydrogen-bond donors (Lipinski definition) is 3. The van der Waals surface area contributed by atoms with Gasteiger partial charge in [0, 0.05) is 12.8 Å². The summed E-state index contributed by atoms with van der Waals surface area (Å²) in [6.45, 7) is 4.95. The second kappa shape index (κ2) is 56.2. The molecule has 3 N–H and O–H groups in total. The molecule has 0 aliphatic carbocycles. The fraction of sp³-hybridized carbons (Fsp3) is 0.933. The van der Waals surface area contributed by atoms with Crippen LogP contribution in [0.3, 0.4) is 0 Å². The van der Waals surface area contributed by atoms with E-state index in [9.17, 15) is 19.8 Å². The number of carbonyl (C=O) groups is 2. The summed E-state index contributed by atoms with van der Waals surface area (Å²) in [6.07, 6.45) is 66.5. The molecule has 66 heavy (non-hydrogen) atoms. The minimum absolute atomic E-state index is 0.00789. The number of amides is 1. The molecule has 0 aliphatic heterocycles. The lowest BCUT2D eigenvalue weighted by Crippen LogP contribution is -2.45. The number of esters is 1. The third kappa shape index (κ3) is 52.0. The molecule has 2 unspecified atom stereocenters. The molecular formula is C60H117NO5. The third-order valence-corrected chi connectivity index (χ3v) is 14.1. The van der Waals surface area contributed by atoms with Gasteiger partial charge in [-0.05, 0) is 51.4 Å². The summed E-state index contributed by atoms with van der Waals surface area (Å²) in [4.78, 5) is 24.5. The van der Waals surface area contributed by atoms with Gasteiger partial charge < -0.3 is 20.3 Å². The Morgan fingerprint density at radius 2 is 0.712 bits per heavy atom. The van der Waals surface area contributed by atoms with Gasteiger partial charge in [-0.2, -0.15) is 0 Å². The largest absolute Gasteiger partial charge is 0.466 e. The summed E-state index contributed by atoms with van der Waals surface area (Å²) in [5, 5.41) is 23.1. The first-order valence-corrected chi connectivity index (χ1v) is 29.9. The first-order chi connectivity index (χ1) is 32.5. The lowest BCUT2D eigenvalue weighted by Gasteiger charge is -2.22. The third-order valence-electron chi connectivity index (χ3n) is 14.1. The normalized spacial score (nSPS) is 12.6. The predicted octanol–water partition coefficient (Wildman–Crippen LogP) is 18.5. The first-order valence-electron chi connectivity index (χ1n) is 29.9. The molecule has 0 saturated carbocycles. The highest BCUT2D eigenvalue weighted by Gasteiger charge is 2.20. The zero-order valence-corrected chi connectivity index (χ0v) is 44.7. The van der Waals surface area contributed by atoms with Crippen LogP contribution in [0.25, 0.3) is 0 Å². The Morgan fingerprint density at radius 3 is 1.08 bits per heavy atom. The number of allylic oxidation sites excluding steroid dienone is 2. The van der Waals surface area contributed by atoms with Crippen molar-refractivity contribution in [1.82, 2.24) is 5.32 Å². The number of unbranched alkanes of at least 4 members (excludes halogenated alkanes) is 43. The second-order valence-electron chi connectivity index (χ2n) is 20.7. The molecule has 0 aromatic carbocycles. The second-order valence-corrected chi connectivity index (χ2v) is 20.7. The van der Waals surface area contributed by atoms with E-state index >= 15 is 0 Å². The maximum atomic E-state index is 12.4. The maximum absolute atomic E-state index is 12.4. The molecular weight excluding hydrogens is 815 g/mol. The van der Waals surface area contributed by atoms with Crippen LogP contribution in [0.1, 0.15) is 335 Å². The molecule has 0 aromatic heterocycles. The van der Waals surface area contributed by atoms with Crippen LogP contribution in [0.4, 0.5) is 0 Å². The van der Waals surface area contributed by atoms with E-state index in [0.29, 0.717) is 25.9 Å². The Kier molecular flexibility index (Phi) is 55.0. The van der Waals surface area contributed by atoms with Gasteiger partial charge in [-0.1, -0.05) is 283 Å². The van der Waals surface area contributed by atoms with E-state index in [4.69, 9.17) is 4.74 Å². The molecule has 0 rings (SSSR count). The van der Waals surface area contributed by atoms with E-state index in [1.54, 1.807) is 0 Å². The lowest BCUT2D eigenvalue weighted by atomic mass is 10.0. The highest BCUT2D eigenvalue weighted by atomic mass is 16.5. The Morgan fingerprint density at radius 1 is 0.409 bits per heavy atom. The number of carbonyl (C=O) groups excluding carboxylic acids is 2. The van der Waals surface area contributed by atoms with Gasteiger partial charge in [-0.3, -0.25) is 9.59 Å². The average Bonchev–Trinajstić information content (AvgIpc) is 3.32. The fourth-order valence-electron chi connectivity index (χ4n) is 9.46. The van der Waals surface area contributed by atoms with Crippen molar-refractivity contribution in [2.45, 2.75) is 347 Å². The van der Waals surface area contributed by atoms with Crippen molar-refractivity contribution in [3.8, 4) is 0 Å². The summed E-state index contributed by atoms with van der Waals surface area (Å²) in [5.41, 5.74) is 0. The smallest absolute Gasteiger partial charge is 0.305 e. The molecule has 0 saturated heterocycles. The van der Waals surface area contributed by atoms with E-state index < -0.39 is 12.1 Å². The number of aliphatic hydroxyl groups excluding tert-OH is 2. The Labute approximate surface area is 412 Å². The number of ether oxygens (including phenoxy) is 1. The Hall–Kier alpha value is -1.40. The lowest BCUT2D eigenvalue weighted by molar-refractivity contribution is -0.143. The topological polar surface area (TPSA) is 95.9 Å². The Balaban J connectivity index is 3.33. The van der Waals surface area contributed by atoms with Crippen molar-refractivity contribution in [1.29, 1.82) is 0 Å². The van der Waals surface area contributed by atoms with Crippen LogP contribution in [0, 0.1) is 0 Å². The van der Waals surface area contributed by atoms with Gasteiger partial charge in [0.15, 0.2) is 0 Å². The van der Waals surface area contributed by atoms with Crippen LogP contribution in [0.2, 0.25) is 0 Å². The van der Waals surface area contributed by atoms with Crippen LogP contribution in [0.15, 0.2) is 12.2 Å². The van der Waals surface area contributed by atoms with Crippen molar-refractivity contribution in [2.24, 2.45) is 0 Å². The van der Waals surface area contributed by atoms with Crippen molar-refractivity contribution in [3.63, 3.8) is 0 Å². The predicted molar refractivity (Wildman–Crippen MR) is 287 cm³/mol. The Bertz CT molecular complexity index is 986. The zero-order valence-electron chi connectivity index (χ0n) is 44.7. The molecule has 6 nitrogen and oxygen atoms in total. The van der Waals surface area contributed by atoms with Crippen LogP contribution >= 0.6 is 0 Å².